The molecule has 1 saturated carbocycles. The van der Waals surface area contributed by atoms with Crippen LogP contribution in [0.25, 0.3) is 0 Å². The number of aliphatic hydroxyl groups is 1. The molecule has 1 unspecified atom stereocenters. The minimum atomic E-state index is -0.676. The van der Waals surface area contributed by atoms with Gasteiger partial charge in [0.2, 0.25) is 0 Å². The molecule has 0 spiro atoms. The molecule has 0 heterocycles. The van der Waals surface area contributed by atoms with Crippen molar-refractivity contribution in [1.82, 2.24) is 5.32 Å². The second-order valence-electron chi connectivity index (χ2n) is 5.22. The fraction of sp³-hybridized carbons (Fsp3) is 0.500. The SMILES string of the molecule is O=C(NCC(O)C1CCCC1)c1cccc(Cl)c1[N+](=O)[O-]. The molecule has 0 aliphatic heterocycles. The normalized spacial score (nSPS) is 16.7. The highest BCUT2D eigenvalue weighted by atomic mass is 35.5. The molecule has 7 heteroatoms. The molecule has 0 bridgehead atoms. The van der Waals surface area contributed by atoms with Gasteiger partial charge in [0.05, 0.1) is 11.0 Å². The van der Waals surface area contributed by atoms with Crippen molar-refractivity contribution in [3.05, 3.63) is 38.9 Å². The van der Waals surface area contributed by atoms with E-state index in [-0.39, 0.29) is 23.0 Å². The largest absolute Gasteiger partial charge is 0.391 e. The second-order valence-corrected chi connectivity index (χ2v) is 5.62. The molecule has 1 fully saturated rings. The zero-order valence-electron chi connectivity index (χ0n) is 11.4. The molecule has 0 aromatic heterocycles. The number of carbonyl (C=O) groups excluding carboxylic acids is 1. The molecular weight excluding hydrogens is 296 g/mol. The highest BCUT2D eigenvalue weighted by molar-refractivity contribution is 6.33. The van der Waals surface area contributed by atoms with Gasteiger partial charge in [0, 0.05) is 6.54 Å². The van der Waals surface area contributed by atoms with E-state index in [1.807, 2.05) is 0 Å². The van der Waals surface area contributed by atoms with Gasteiger partial charge in [-0.1, -0.05) is 30.5 Å². The zero-order chi connectivity index (χ0) is 15.4. The Morgan fingerprint density at radius 1 is 1.48 bits per heavy atom. The van der Waals surface area contributed by atoms with E-state index in [1.165, 1.54) is 18.2 Å². The number of halogens is 1. The van der Waals surface area contributed by atoms with E-state index < -0.39 is 22.6 Å². The molecule has 0 saturated heterocycles. The summed E-state index contributed by atoms with van der Waals surface area (Å²) in [6.07, 6.45) is 3.47. The first-order valence-electron chi connectivity index (χ1n) is 6.90. The van der Waals surface area contributed by atoms with Crippen LogP contribution in [-0.2, 0) is 0 Å². The number of rotatable bonds is 5. The molecular formula is C14H17ClN2O4. The number of carbonyl (C=O) groups is 1. The Morgan fingerprint density at radius 3 is 2.76 bits per heavy atom. The van der Waals surface area contributed by atoms with Crippen molar-refractivity contribution in [3.8, 4) is 0 Å². The quantitative estimate of drug-likeness (QED) is 0.645. The number of para-hydroxylation sites is 1. The standard InChI is InChI=1S/C14H17ClN2O4/c15-11-7-3-6-10(13(11)17(20)21)14(19)16-8-12(18)9-4-1-2-5-9/h3,6-7,9,12,18H,1-2,4-5,8H2,(H,16,19). The average molecular weight is 313 g/mol. The van der Waals surface area contributed by atoms with Gasteiger partial charge in [-0.2, -0.15) is 0 Å². The van der Waals surface area contributed by atoms with Gasteiger partial charge in [-0.05, 0) is 30.9 Å². The Kier molecular flexibility index (Phi) is 5.14. The fourth-order valence-corrected chi connectivity index (χ4v) is 2.93. The maximum atomic E-state index is 12.1. The van der Waals surface area contributed by atoms with Crippen molar-refractivity contribution in [2.24, 2.45) is 5.92 Å². The van der Waals surface area contributed by atoms with E-state index in [0.29, 0.717) is 0 Å². The van der Waals surface area contributed by atoms with Crippen LogP contribution >= 0.6 is 11.6 Å². The first-order valence-corrected chi connectivity index (χ1v) is 7.27. The van der Waals surface area contributed by atoms with Gasteiger partial charge in [-0.25, -0.2) is 0 Å². The minimum Gasteiger partial charge on any atom is -0.391 e. The number of nitro benzene ring substituents is 1. The molecule has 2 rings (SSSR count). The van der Waals surface area contributed by atoms with E-state index in [4.69, 9.17) is 11.6 Å². The Balaban J connectivity index is 2.03. The third kappa shape index (κ3) is 3.71. The Bertz CT molecular complexity index is 544. The van der Waals surface area contributed by atoms with Crippen molar-refractivity contribution < 1.29 is 14.8 Å². The van der Waals surface area contributed by atoms with Crippen molar-refractivity contribution in [2.75, 3.05) is 6.54 Å². The lowest BCUT2D eigenvalue weighted by molar-refractivity contribution is -0.385. The van der Waals surface area contributed by atoms with Gasteiger partial charge in [0.15, 0.2) is 0 Å². The second kappa shape index (κ2) is 6.87. The maximum Gasteiger partial charge on any atom is 0.300 e. The minimum absolute atomic E-state index is 0.0796. The van der Waals surface area contributed by atoms with Gasteiger partial charge >= 0.3 is 5.69 Å². The van der Waals surface area contributed by atoms with Crippen molar-refractivity contribution in [1.29, 1.82) is 0 Å². The first kappa shape index (κ1) is 15.7. The summed E-state index contributed by atoms with van der Waals surface area (Å²) in [6, 6.07) is 4.20. The number of amides is 1. The predicted octanol–water partition coefficient (Wildman–Crippen LogP) is 2.53. The number of nitrogens with zero attached hydrogens (tertiary/aromatic N) is 1. The molecule has 1 aliphatic carbocycles. The van der Waals surface area contributed by atoms with Gasteiger partial charge in [-0.3, -0.25) is 14.9 Å². The monoisotopic (exact) mass is 312 g/mol. The predicted molar refractivity (Wildman–Crippen MR) is 78.4 cm³/mol. The molecule has 2 N–H and O–H groups in total. The summed E-state index contributed by atoms with van der Waals surface area (Å²) in [5.41, 5.74) is -0.502. The van der Waals surface area contributed by atoms with E-state index >= 15 is 0 Å². The lowest BCUT2D eigenvalue weighted by Crippen LogP contribution is -2.35. The average Bonchev–Trinajstić information content (AvgIpc) is 2.97. The molecule has 1 atom stereocenters. The van der Waals surface area contributed by atoms with Gasteiger partial charge in [-0.15, -0.1) is 0 Å². The number of nitro groups is 1. The molecule has 1 aliphatic rings. The zero-order valence-corrected chi connectivity index (χ0v) is 12.2. The third-order valence-corrected chi connectivity index (χ3v) is 4.13. The molecule has 1 aromatic rings. The number of hydrogen-bond donors (Lipinski definition) is 2. The Hall–Kier alpha value is -1.66. The van der Waals surface area contributed by atoms with Gasteiger partial charge in [0.25, 0.3) is 5.91 Å². The summed E-state index contributed by atoms with van der Waals surface area (Å²) in [7, 11) is 0. The summed E-state index contributed by atoms with van der Waals surface area (Å²) in [4.78, 5) is 22.4. The topological polar surface area (TPSA) is 92.5 Å². The lowest BCUT2D eigenvalue weighted by atomic mass is 10.0. The maximum absolute atomic E-state index is 12.1. The van der Waals surface area contributed by atoms with Crippen LogP contribution in [-0.4, -0.2) is 28.6 Å². The number of benzene rings is 1. The van der Waals surface area contributed by atoms with Gasteiger partial charge in [0.1, 0.15) is 10.6 Å². The van der Waals surface area contributed by atoms with Crippen LogP contribution in [0.2, 0.25) is 5.02 Å². The molecule has 21 heavy (non-hydrogen) atoms. The summed E-state index contributed by atoms with van der Waals surface area (Å²) in [5.74, 6) is -0.402. The molecule has 6 nitrogen and oxygen atoms in total. The van der Waals surface area contributed by atoms with Crippen LogP contribution in [0.15, 0.2) is 18.2 Å². The highest BCUT2D eigenvalue weighted by Gasteiger charge is 2.26. The molecule has 1 amide bonds. The third-order valence-electron chi connectivity index (χ3n) is 3.83. The highest BCUT2D eigenvalue weighted by Crippen LogP contribution is 2.29. The van der Waals surface area contributed by atoms with Crippen molar-refractivity contribution >= 4 is 23.2 Å². The summed E-state index contributed by atoms with van der Waals surface area (Å²) in [6.45, 7) is 0.0904. The van der Waals surface area contributed by atoms with E-state index in [2.05, 4.69) is 5.32 Å². The first-order chi connectivity index (χ1) is 10.0. The van der Waals surface area contributed by atoms with Crippen molar-refractivity contribution in [3.63, 3.8) is 0 Å². The van der Waals surface area contributed by atoms with Crippen LogP contribution in [0.4, 0.5) is 5.69 Å². The molecule has 114 valence electrons. The van der Waals surface area contributed by atoms with Crippen molar-refractivity contribution in [2.45, 2.75) is 31.8 Å². The number of hydrogen-bond acceptors (Lipinski definition) is 4. The van der Waals surface area contributed by atoms with Crippen LogP contribution < -0.4 is 5.32 Å². The summed E-state index contributed by atoms with van der Waals surface area (Å²) in [5, 5.41) is 23.5. The van der Waals surface area contributed by atoms with Crippen LogP contribution in [0.3, 0.4) is 0 Å². The van der Waals surface area contributed by atoms with Crippen LogP contribution in [0, 0.1) is 16.0 Å². The number of nitrogens with one attached hydrogen (secondary N) is 1. The molecule has 0 radical (unpaired) electrons. The summed E-state index contributed by atoms with van der Waals surface area (Å²) < 4.78 is 0. The Morgan fingerprint density at radius 2 is 2.14 bits per heavy atom. The van der Waals surface area contributed by atoms with Crippen LogP contribution in [0.1, 0.15) is 36.0 Å². The number of aliphatic hydroxyl groups excluding tert-OH is 1. The smallest absolute Gasteiger partial charge is 0.300 e. The fourth-order valence-electron chi connectivity index (χ4n) is 2.69. The lowest BCUT2D eigenvalue weighted by Gasteiger charge is -2.18. The summed E-state index contributed by atoms with van der Waals surface area (Å²) >= 11 is 5.76. The van der Waals surface area contributed by atoms with Gasteiger partial charge < -0.3 is 10.4 Å². The van der Waals surface area contributed by atoms with E-state index in [1.54, 1.807) is 0 Å². The molecule has 1 aromatic carbocycles. The van der Waals surface area contributed by atoms with E-state index in [9.17, 15) is 20.0 Å². The van der Waals surface area contributed by atoms with E-state index in [0.717, 1.165) is 25.7 Å². The Labute approximate surface area is 127 Å². The van der Waals surface area contributed by atoms with Crippen LogP contribution in [0.5, 0.6) is 0 Å².